The van der Waals surface area contributed by atoms with Gasteiger partial charge < -0.3 is 5.32 Å². The molecule has 0 saturated heterocycles. The van der Waals surface area contributed by atoms with Gasteiger partial charge in [-0.05, 0) is 58.7 Å². The maximum Gasteiger partial charge on any atom is 0.255 e. The van der Waals surface area contributed by atoms with Crippen molar-refractivity contribution in [2.75, 3.05) is 5.32 Å². The molecule has 0 saturated carbocycles. The molecule has 0 radical (unpaired) electrons. The van der Waals surface area contributed by atoms with E-state index in [9.17, 15) is 9.18 Å². The van der Waals surface area contributed by atoms with Gasteiger partial charge in [-0.2, -0.15) is 0 Å². The summed E-state index contributed by atoms with van der Waals surface area (Å²) < 4.78 is 13.6. The third-order valence-corrected chi connectivity index (χ3v) is 3.60. The van der Waals surface area contributed by atoms with Gasteiger partial charge >= 0.3 is 0 Å². The highest BCUT2D eigenvalue weighted by atomic mass is 79.9. The average Bonchev–Trinajstić information content (AvgIpc) is 2.36. The molecule has 0 aromatic heterocycles. The predicted octanol–water partition coefficient (Wildman–Crippen LogP) is 4.15. The number of rotatable bonds is 2. The summed E-state index contributed by atoms with van der Waals surface area (Å²) in [5, 5.41) is 2.78. The highest BCUT2D eigenvalue weighted by molar-refractivity contribution is 9.10. The van der Waals surface area contributed by atoms with Crippen LogP contribution >= 0.6 is 15.9 Å². The minimum atomic E-state index is -0.358. The van der Waals surface area contributed by atoms with Gasteiger partial charge in [0.1, 0.15) is 5.82 Å². The van der Waals surface area contributed by atoms with Crippen molar-refractivity contribution in [3.63, 3.8) is 0 Å². The first-order chi connectivity index (χ1) is 8.58. The molecule has 2 aromatic carbocycles. The molecule has 1 amide bonds. The van der Waals surface area contributed by atoms with Crippen LogP contribution in [0.2, 0.25) is 0 Å². The Bertz CT molecular complexity index is 581. The fraction of sp³-hybridized carbons (Fsp3) is 0.0714. The smallest absolute Gasteiger partial charge is 0.255 e. The van der Waals surface area contributed by atoms with E-state index in [4.69, 9.17) is 0 Å². The molecule has 0 fully saturated rings. The summed E-state index contributed by atoms with van der Waals surface area (Å²) in [6.45, 7) is 1.94. The van der Waals surface area contributed by atoms with Crippen molar-refractivity contribution >= 4 is 27.5 Å². The van der Waals surface area contributed by atoms with Gasteiger partial charge in [0.25, 0.3) is 5.91 Å². The van der Waals surface area contributed by atoms with Crippen molar-refractivity contribution in [2.45, 2.75) is 6.92 Å². The Balaban J connectivity index is 2.21. The molecule has 0 heterocycles. The summed E-state index contributed by atoms with van der Waals surface area (Å²) in [7, 11) is 0. The van der Waals surface area contributed by atoms with Crippen molar-refractivity contribution in [1.29, 1.82) is 0 Å². The van der Waals surface area contributed by atoms with Gasteiger partial charge in [-0.3, -0.25) is 4.79 Å². The first-order valence-corrected chi connectivity index (χ1v) is 6.19. The number of benzene rings is 2. The van der Waals surface area contributed by atoms with Gasteiger partial charge in [-0.25, -0.2) is 4.39 Å². The van der Waals surface area contributed by atoms with Crippen LogP contribution in [0.3, 0.4) is 0 Å². The lowest BCUT2D eigenvalue weighted by Crippen LogP contribution is -2.12. The number of hydrogen-bond acceptors (Lipinski definition) is 1. The van der Waals surface area contributed by atoms with E-state index in [1.165, 1.54) is 24.3 Å². The molecule has 92 valence electrons. The third kappa shape index (κ3) is 2.76. The zero-order valence-electron chi connectivity index (χ0n) is 9.71. The van der Waals surface area contributed by atoms with Crippen molar-refractivity contribution in [2.24, 2.45) is 0 Å². The summed E-state index contributed by atoms with van der Waals surface area (Å²) in [6.07, 6.45) is 0. The van der Waals surface area contributed by atoms with Crippen LogP contribution in [0.5, 0.6) is 0 Å². The summed E-state index contributed by atoms with van der Waals surface area (Å²) in [5.74, 6) is -0.621. The average molecular weight is 308 g/mol. The van der Waals surface area contributed by atoms with E-state index in [0.717, 1.165) is 10.0 Å². The number of nitrogens with one attached hydrogen (secondary N) is 1. The SMILES string of the molecule is Cc1cccc(NC(=O)c2ccc(F)cc2)c1Br. The Morgan fingerprint density at radius 2 is 1.83 bits per heavy atom. The summed E-state index contributed by atoms with van der Waals surface area (Å²) in [6, 6.07) is 11.0. The number of anilines is 1. The fourth-order valence-electron chi connectivity index (χ4n) is 1.54. The summed E-state index contributed by atoms with van der Waals surface area (Å²) in [4.78, 5) is 11.9. The second-order valence-electron chi connectivity index (χ2n) is 3.90. The predicted molar refractivity (Wildman–Crippen MR) is 73.2 cm³/mol. The summed E-state index contributed by atoms with van der Waals surface area (Å²) in [5.41, 5.74) is 2.15. The van der Waals surface area contributed by atoms with Crippen LogP contribution in [0.4, 0.5) is 10.1 Å². The Kier molecular flexibility index (Phi) is 3.77. The van der Waals surface area contributed by atoms with E-state index in [-0.39, 0.29) is 11.7 Å². The highest BCUT2D eigenvalue weighted by Crippen LogP contribution is 2.26. The van der Waals surface area contributed by atoms with E-state index in [1.807, 2.05) is 19.1 Å². The molecular formula is C14H11BrFNO. The number of aryl methyl sites for hydroxylation is 1. The molecule has 0 atom stereocenters. The van der Waals surface area contributed by atoms with Gasteiger partial charge in [0.2, 0.25) is 0 Å². The monoisotopic (exact) mass is 307 g/mol. The first kappa shape index (κ1) is 12.8. The number of hydrogen-bond donors (Lipinski definition) is 1. The van der Waals surface area contributed by atoms with Gasteiger partial charge in [0.15, 0.2) is 0 Å². The number of halogens is 2. The molecule has 0 aliphatic heterocycles. The molecular weight excluding hydrogens is 297 g/mol. The van der Waals surface area contributed by atoms with E-state index in [2.05, 4.69) is 21.2 Å². The molecule has 0 bridgehead atoms. The largest absolute Gasteiger partial charge is 0.321 e. The zero-order chi connectivity index (χ0) is 13.1. The maximum atomic E-state index is 12.8. The van der Waals surface area contributed by atoms with Crippen molar-refractivity contribution in [3.8, 4) is 0 Å². The number of carbonyl (C=O) groups is 1. The van der Waals surface area contributed by atoms with Crippen LogP contribution in [0, 0.1) is 12.7 Å². The Morgan fingerprint density at radius 1 is 1.17 bits per heavy atom. The van der Waals surface area contributed by atoms with Crippen molar-refractivity contribution in [3.05, 3.63) is 63.9 Å². The third-order valence-electron chi connectivity index (χ3n) is 2.55. The van der Waals surface area contributed by atoms with Crippen molar-refractivity contribution < 1.29 is 9.18 Å². The molecule has 0 aliphatic rings. The highest BCUT2D eigenvalue weighted by Gasteiger charge is 2.09. The van der Waals surface area contributed by atoms with Gasteiger partial charge in [-0.1, -0.05) is 12.1 Å². The van der Waals surface area contributed by atoms with Crippen LogP contribution in [0.1, 0.15) is 15.9 Å². The number of carbonyl (C=O) groups excluding carboxylic acids is 1. The number of amides is 1. The second kappa shape index (κ2) is 5.31. The molecule has 18 heavy (non-hydrogen) atoms. The van der Waals surface area contributed by atoms with E-state index < -0.39 is 0 Å². The Morgan fingerprint density at radius 3 is 2.50 bits per heavy atom. The lowest BCUT2D eigenvalue weighted by Gasteiger charge is -2.09. The van der Waals surface area contributed by atoms with Gasteiger partial charge in [0, 0.05) is 10.0 Å². The minimum absolute atomic E-state index is 0.263. The molecule has 0 aliphatic carbocycles. The first-order valence-electron chi connectivity index (χ1n) is 5.40. The van der Waals surface area contributed by atoms with Crippen LogP contribution in [-0.2, 0) is 0 Å². The minimum Gasteiger partial charge on any atom is -0.321 e. The normalized spacial score (nSPS) is 10.2. The van der Waals surface area contributed by atoms with Crippen LogP contribution in [0.15, 0.2) is 46.9 Å². The lowest BCUT2D eigenvalue weighted by atomic mass is 10.2. The van der Waals surface area contributed by atoms with Crippen LogP contribution < -0.4 is 5.32 Å². The molecule has 4 heteroatoms. The molecule has 0 unspecified atom stereocenters. The second-order valence-corrected chi connectivity index (χ2v) is 4.69. The van der Waals surface area contributed by atoms with Gasteiger partial charge in [-0.15, -0.1) is 0 Å². The molecule has 2 aromatic rings. The standard InChI is InChI=1S/C14H11BrFNO/c1-9-3-2-4-12(13(9)15)17-14(18)10-5-7-11(16)8-6-10/h2-8H,1H3,(H,17,18). The molecule has 0 spiro atoms. The Labute approximate surface area is 113 Å². The lowest BCUT2D eigenvalue weighted by molar-refractivity contribution is 0.102. The van der Waals surface area contributed by atoms with E-state index in [1.54, 1.807) is 6.07 Å². The van der Waals surface area contributed by atoms with Crippen molar-refractivity contribution in [1.82, 2.24) is 0 Å². The zero-order valence-corrected chi connectivity index (χ0v) is 11.3. The van der Waals surface area contributed by atoms with E-state index >= 15 is 0 Å². The van der Waals surface area contributed by atoms with Crippen LogP contribution in [0.25, 0.3) is 0 Å². The topological polar surface area (TPSA) is 29.1 Å². The maximum absolute atomic E-state index is 12.8. The van der Waals surface area contributed by atoms with E-state index in [0.29, 0.717) is 11.3 Å². The van der Waals surface area contributed by atoms with Crippen LogP contribution in [-0.4, -0.2) is 5.91 Å². The molecule has 2 nitrogen and oxygen atoms in total. The quantitative estimate of drug-likeness (QED) is 0.887. The molecule has 2 rings (SSSR count). The summed E-state index contributed by atoms with van der Waals surface area (Å²) >= 11 is 3.42. The molecule has 1 N–H and O–H groups in total. The van der Waals surface area contributed by atoms with Gasteiger partial charge in [0.05, 0.1) is 5.69 Å². The fourth-order valence-corrected chi connectivity index (χ4v) is 1.90. The Hall–Kier alpha value is -1.68.